The van der Waals surface area contributed by atoms with Crippen molar-refractivity contribution in [3.05, 3.63) is 0 Å². The predicted molar refractivity (Wildman–Crippen MR) is 61.6 cm³/mol. The van der Waals surface area contributed by atoms with Crippen LogP contribution < -0.4 is 16.4 Å². The van der Waals surface area contributed by atoms with Gasteiger partial charge in [0.05, 0.1) is 0 Å². The number of nitrogens with two attached hydrogens (primary N) is 1. The Balaban J connectivity index is 1.85. The minimum Gasteiger partial charge on any atom is -0.352 e. The Morgan fingerprint density at radius 1 is 1.13 bits per heavy atom. The van der Waals surface area contributed by atoms with Crippen LogP contribution in [-0.2, 0) is 0 Å². The number of primary amides is 1. The molecule has 1 rings (SSSR count). The summed E-state index contributed by atoms with van der Waals surface area (Å²) < 4.78 is 0. The molecule has 0 heterocycles. The highest BCUT2D eigenvalue weighted by atomic mass is 16.2. The van der Waals surface area contributed by atoms with Gasteiger partial charge in [0.25, 0.3) is 0 Å². The third-order valence-corrected chi connectivity index (χ3v) is 3.06. The lowest BCUT2D eigenvalue weighted by atomic mass is 9.87. The van der Waals surface area contributed by atoms with Crippen LogP contribution in [0.5, 0.6) is 0 Å². The first-order valence-electron chi connectivity index (χ1n) is 6.03. The van der Waals surface area contributed by atoms with Gasteiger partial charge in [-0.05, 0) is 18.9 Å². The van der Waals surface area contributed by atoms with Crippen molar-refractivity contribution in [1.82, 2.24) is 10.6 Å². The summed E-state index contributed by atoms with van der Waals surface area (Å²) in [5.74, 6) is 0.926. The van der Waals surface area contributed by atoms with Gasteiger partial charge in [-0.3, -0.25) is 0 Å². The first-order valence-corrected chi connectivity index (χ1v) is 6.03. The van der Waals surface area contributed by atoms with Gasteiger partial charge < -0.3 is 16.4 Å². The Morgan fingerprint density at radius 3 is 2.53 bits per heavy atom. The second kappa shape index (κ2) is 7.51. The quantitative estimate of drug-likeness (QED) is 0.581. The summed E-state index contributed by atoms with van der Waals surface area (Å²) in [4.78, 5) is 10.4. The summed E-state index contributed by atoms with van der Waals surface area (Å²) in [6.07, 6.45) is 8.33. The molecule has 0 unspecified atom stereocenters. The SMILES string of the molecule is NC(=O)NCCNCCC1CCCCC1. The van der Waals surface area contributed by atoms with Crippen LogP contribution in [0.1, 0.15) is 38.5 Å². The van der Waals surface area contributed by atoms with Crippen molar-refractivity contribution in [1.29, 1.82) is 0 Å². The molecule has 4 heteroatoms. The smallest absolute Gasteiger partial charge is 0.312 e. The molecule has 0 saturated heterocycles. The summed E-state index contributed by atoms with van der Waals surface area (Å²) in [6.45, 7) is 2.50. The molecule has 0 aromatic carbocycles. The second-order valence-corrected chi connectivity index (χ2v) is 4.33. The Kier molecular flexibility index (Phi) is 6.16. The van der Waals surface area contributed by atoms with Crippen LogP contribution in [0.4, 0.5) is 4.79 Å². The Hall–Kier alpha value is -0.770. The first kappa shape index (κ1) is 12.3. The van der Waals surface area contributed by atoms with E-state index < -0.39 is 6.03 Å². The maximum atomic E-state index is 10.4. The molecule has 1 aliphatic rings. The van der Waals surface area contributed by atoms with Crippen LogP contribution in [0.3, 0.4) is 0 Å². The van der Waals surface area contributed by atoms with Crippen LogP contribution in [0.2, 0.25) is 0 Å². The van der Waals surface area contributed by atoms with E-state index in [1.54, 1.807) is 0 Å². The summed E-state index contributed by atoms with van der Waals surface area (Å²) in [6, 6.07) is -0.441. The number of amides is 2. The van der Waals surface area contributed by atoms with E-state index in [4.69, 9.17) is 5.73 Å². The topological polar surface area (TPSA) is 67.2 Å². The minimum absolute atomic E-state index is 0.441. The van der Waals surface area contributed by atoms with E-state index in [9.17, 15) is 4.79 Å². The standard InChI is InChI=1S/C11H23N3O/c12-11(15)14-9-8-13-7-6-10-4-2-1-3-5-10/h10,13H,1-9H2,(H3,12,14,15). The van der Waals surface area contributed by atoms with Gasteiger partial charge in [0, 0.05) is 13.1 Å². The van der Waals surface area contributed by atoms with Gasteiger partial charge in [-0.2, -0.15) is 0 Å². The van der Waals surface area contributed by atoms with Crippen molar-refractivity contribution in [2.45, 2.75) is 38.5 Å². The monoisotopic (exact) mass is 213 g/mol. The highest BCUT2D eigenvalue weighted by Gasteiger charge is 2.12. The molecule has 15 heavy (non-hydrogen) atoms. The number of hydrogen-bond acceptors (Lipinski definition) is 2. The normalized spacial score (nSPS) is 17.6. The number of nitrogens with one attached hydrogen (secondary N) is 2. The summed E-state index contributed by atoms with van der Waals surface area (Å²) in [5.41, 5.74) is 4.95. The molecule has 0 aliphatic heterocycles. The largest absolute Gasteiger partial charge is 0.352 e. The molecule has 2 amide bonds. The predicted octanol–water partition coefficient (Wildman–Crippen LogP) is 1.21. The molecule has 0 aromatic heterocycles. The van der Waals surface area contributed by atoms with Crippen LogP contribution in [0.25, 0.3) is 0 Å². The number of hydrogen-bond donors (Lipinski definition) is 3. The number of rotatable bonds is 6. The van der Waals surface area contributed by atoms with E-state index in [1.165, 1.54) is 38.5 Å². The summed E-state index contributed by atoms with van der Waals surface area (Å²) in [5, 5.41) is 5.88. The average Bonchev–Trinajstić information content (AvgIpc) is 2.24. The van der Waals surface area contributed by atoms with Crippen molar-refractivity contribution in [3.8, 4) is 0 Å². The lowest BCUT2D eigenvalue weighted by molar-refractivity contribution is 0.249. The van der Waals surface area contributed by atoms with Gasteiger partial charge in [-0.1, -0.05) is 32.1 Å². The number of urea groups is 1. The molecule has 1 fully saturated rings. The van der Waals surface area contributed by atoms with Crippen LogP contribution in [0, 0.1) is 5.92 Å². The van der Waals surface area contributed by atoms with E-state index in [2.05, 4.69) is 10.6 Å². The van der Waals surface area contributed by atoms with Gasteiger partial charge in [-0.25, -0.2) is 4.79 Å². The third kappa shape index (κ3) is 6.33. The zero-order valence-electron chi connectivity index (χ0n) is 9.43. The molecule has 0 atom stereocenters. The Bertz CT molecular complexity index is 179. The van der Waals surface area contributed by atoms with Crippen molar-refractivity contribution in [2.75, 3.05) is 19.6 Å². The third-order valence-electron chi connectivity index (χ3n) is 3.06. The molecule has 88 valence electrons. The summed E-state index contributed by atoms with van der Waals surface area (Å²) in [7, 11) is 0. The molecule has 4 nitrogen and oxygen atoms in total. The van der Waals surface area contributed by atoms with Crippen LogP contribution >= 0.6 is 0 Å². The van der Waals surface area contributed by atoms with Gasteiger partial charge in [-0.15, -0.1) is 0 Å². The Labute approximate surface area is 92.0 Å². The lowest BCUT2D eigenvalue weighted by Crippen LogP contribution is -2.35. The zero-order valence-corrected chi connectivity index (χ0v) is 9.43. The molecular formula is C11H23N3O. The van der Waals surface area contributed by atoms with E-state index in [0.717, 1.165) is 19.0 Å². The maximum absolute atomic E-state index is 10.4. The molecule has 0 spiro atoms. The van der Waals surface area contributed by atoms with E-state index >= 15 is 0 Å². The molecule has 1 aliphatic carbocycles. The van der Waals surface area contributed by atoms with Gasteiger partial charge in [0.2, 0.25) is 0 Å². The van der Waals surface area contributed by atoms with Crippen molar-refractivity contribution in [3.63, 3.8) is 0 Å². The summed E-state index contributed by atoms with van der Waals surface area (Å²) >= 11 is 0. The maximum Gasteiger partial charge on any atom is 0.312 e. The van der Waals surface area contributed by atoms with Crippen molar-refractivity contribution in [2.24, 2.45) is 11.7 Å². The fourth-order valence-corrected chi connectivity index (χ4v) is 2.18. The van der Waals surface area contributed by atoms with Crippen molar-refractivity contribution >= 4 is 6.03 Å². The van der Waals surface area contributed by atoms with Crippen molar-refractivity contribution < 1.29 is 4.79 Å². The zero-order chi connectivity index (χ0) is 10.9. The highest BCUT2D eigenvalue weighted by molar-refractivity contribution is 5.71. The minimum atomic E-state index is -0.441. The van der Waals surface area contributed by atoms with Gasteiger partial charge >= 0.3 is 6.03 Å². The molecule has 0 aromatic rings. The van der Waals surface area contributed by atoms with E-state index in [0.29, 0.717) is 6.54 Å². The fraction of sp³-hybridized carbons (Fsp3) is 0.909. The average molecular weight is 213 g/mol. The van der Waals surface area contributed by atoms with E-state index in [1.807, 2.05) is 0 Å². The van der Waals surface area contributed by atoms with Gasteiger partial charge in [0.15, 0.2) is 0 Å². The molecule has 4 N–H and O–H groups in total. The second-order valence-electron chi connectivity index (χ2n) is 4.33. The number of carbonyl (C=O) groups excluding carboxylic acids is 1. The molecule has 0 radical (unpaired) electrons. The van der Waals surface area contributed by atoms with Crippen LogP contribution in [0.15, 0.2) is 0 Å². The highest BCUT2D eigenvalue weighted by Crippen LogP contribution is 2.25. The first-order chi connectivity index (χ1) is 7.29. The fourth-order valence-electron chi connectivity index (χ4n) is 2.18. The van der Waals surface area contributed by atoms with Crippen LogP contribution in [-0.4, -0.2) is 25.7 Å². The lowest BCUT2D eigenvalue weighted by Gasteiger charge is -2.21. The molecular weight excluding hydrogens is 190 g/mol. The van der Waals surface area contributed by atoms with E-state index in [-0.39, 0.29) is 0 Å². The van der Waals surface area contributed by atoms with Gasteiger partial charge in [0.1, 0.15) is 0 Å². The molecule has 0 bridgehead atoms. The molecule has 1 saturated carbocycles. The Morgan fingerprint density at radius 2 is 1.87 bits per heavy atom. The number of carbonyl (C=O) groups is 1.